The summed E-state index contributed by atoms with van der Waals surface area (Å²) >= 11 is 0. The third-order valence-corrected chi connectivity index (χ3v) is 3.82. The summed E-state index contributed by atoms with van der Waals surface area (Å²) in [7, 11) is 0. The Morgan fingerprint density at radius 3 is 2.57 bits per heavy atom. The van der Waals surface area contributed by atoms with E-state index in [0.717, 1.165) is 22.4 Å². The Labute approximate surface area is 132 Å². The van der Waals surface area contributed by atoms with Gasteiger partial charge in [0.25, 0.3) is 5.56 Å². The van der Waals surface area contributed by atoms with Crippen LogP contribution < -0.4 is 5.56 Å². The maximum Gasteiger partial charge on any atom is 0.273 e. The Bertz CT molecular complexity index is 1030. The molecular formula is C18H14N4O. The summed E-state index contributed by atoms with van der Waals surface area (Å²) in [5.74, 6) is 0. The van der Waals surface area contributed by atoms with Gasteiger partial charge in [-0.05, 0) is 24.6 Å². The second-order valence-corrected chi connectivity index (χ2v) is 5.36. The van der Waals surface area contributed by atoms with Crippen LogP contribution >= 0.6 is 0 Å². The van der Waals surface area contributed by atoms with Crippen molar-refractivity contribution >= 4 is 5.65 Å². The van der Waals surface area contributed by atoms with Gasteiger partial charge >= 0.3 is 0 Å². The van der Waals surface area contributed by atoms with E-state index in [2.05, 4.69) is 10.1 Å². The van der Waals surface area contributed by atoms with Gasteiger partial charge in [-0.25, -0.2) is 9.50 Å². The molecule has 0 radical (unpaired) electrons. The van der Waals surface area contributed by atoms with Crippen LogP contribution in [0.5, 0.6) is 0 Å². The van der Waals surface area contributed by atoms with Crippen molar-refractivity contribution in [3.8, 4) is 22.4 Å². The van der Waals surface area contributed by atoms with Crippen LogP contribution in [0.4, 0.5) is 0 Å². The predicted molar refractivity (Wildman–Crippen MR) is 89.2 cm³/mol. The van der Waals surface area contributed by atoms with Crippen LogP contribution in [0.15, 0.2) is 65.7 Å². The van der Waals surface area contributed by atoms with Crippen LogP contribution in [-0.4, -0.2) is 19.6 Å². The van der Waals surface area contributed by atoms with Crippen LogP contribution in [0, 0.1) is 6.92 Å². The van der Waals surface area contributed by atoms with Crippen molar-refractivity contribution in [2.45, 2.75) is 6.92 Å². The molecule has 0 spiro atoms. The summed E-state index contributed by atoms with van der Waals surface area (Å²) < 4.78 is 1.48. The van der Waals surface area contributed by atoms with Crippen molar-refractivity contribution in [2.24, 2.45) is 0 Å². The average Bonchev–Trinajstić information content (AvgIpc) is 2.93. The SMILES string of the molecule is Cc1[nH]n2c(=O)cc(-c3cccnc3)nc2c1-c1ccccc1. The summed E-state index contributed by atoms with van der Waals surface area (Å²) in [6, 6.07) is 15.2. The number of fused-ring (bicyclic) bond motifs is 1. The van der Waals surface area contributed by atoms with Gasteiger partial charge in [0.15, 0.2) is 5.65 Å². The molecule has 0 bridgehead atoms. The molecule has 5 nitrogen and oxygen atoms in total. The molecule has 0 aliphatic carbocycles. The van der Waals surface area contributed by atoms with Crippen molar-refractivity contribution in [1.29, 1.82) is 0 Å². The van der Waals surface area contributed by atoms with Crippen LogP contribution in [0.3, 0.4) is 0 Å². The minimum Gasteiger partial charge on any atom is -0.293 e. The fourth-order valence-corrected chi connectivity index (χ4v) is 2.76. The summed E-state index contributed by atoms with van der Waals surface area (Å²) in [4.78, 5) is 21.2. The van der Waals surface area contributed by atoms with E-state index in [-0.39, 0.29) is 5.56 Å². The number of hydrogen-bond donors (Lipinski definition) is 1. The maximum absolute atomic E-state index is 12.4. The molecular weight excluding hydrogens is 288 g/mol. The molecule has 1 aromatic carbocycles. The Kier molecular flexibility index (Phi) is 3.05. The fraction of sp³-hybridized carbons (Fsp3) is 0.0556. The molecule has 112 valence electrons. The first kappa shape index (κ1) is 13.5. The standard InChI is InChI=1S/C18H14N4O/c1-12-17(13-6-3-2-4-7-13)18-20-15(10-16(23)22(18)21-12)14-8-5-9-19-11-14/h2-11,21H,1H3. The van der Waals surface area contributed by atoms with Crippen molar-refractivity contribution in [1.82, 2.24) is 19.6 Å². The Morgan fingerprint density at radius 2 is 1.83 bits per heavy atom. The third-order valence-electron chi connectivity index (χ3n) is 3.82. The molecule has 0 saturated heterocycles. The lowest BCUT2D eigenvalue weighted by Crippen LogP contribution is -2.14. The largest absolute Gasteiger partial charge is 0.293 e. The highest BCUT2D eigenvalue weighted by molar-refractivity contribution is 5.80. The number of rotatable bonds is 2. The molecule has 3 aromatic heterocycles. The van der Waals surface area contributed by atoms with Gasteiger partial charge in [0, 0.05) is 35.3 Å². The third kappa shape index (κ3) is 2.23. The lowest BCUT2D eigenvalue weighted by atomic mass is 10.1. The highest BCUT2D eigenvalue weighted by Gasteiger charge is 2.15. The van der Waals surface area contributed by atoms with E-state index in [1.165, 1.54) is 10.6 Å². The molecule has 4 aromatic rings. The minimum atomic E-state index is -0.140. The predicted octanol–water partition coefficient (Wildman–Crippen LogP) is 3.06. The van der Waals surface area contributed by atoms with Gasteiger partial charge in [-0.15, -0.1) is 0 Å². The normalized spacial score (nSPS) is 11.0. The molecule has 0 atom stereocenters. The smallest absolute Gasteiger partial charge is 0.273 e. The van der Waals surface area contributed by atoms with Crippen molar-refractivity contribution in [2.75, 3.05) is 0 Å². The summed E-state index contributed by atoms with van der Waals surface area (Å²) in [5.41, 5.74) is 4.81. The number of benzene rings is 1. The number of aryl methyl sites for hydroxylation is 1. The molecule has 0 saturated carbocycles. The van der Waals surface area contributed by atoms with Gasteiger partial charge in [-0.1, -0.05) is 30.3 Å². The molecule has 23 heavy (non-hydrogen) atoms. The zero-order chi connectivity index (χ0) is 15.8. The molecule has 0 aliphatic heterocycles. The number of nitrogens with one attached hydrogen (secondary N) is 1. The first-order valence-corrected chi connectivity index (χ1v) is 7.32. The van der Waals surface area contributed by atoms with E-state index in [4.69, 9.17) is 4.98 Å². The summed E-state index contributed by atoms with van der Waals surface area (Å²) in [6.07, 6.45) is 3.41. The van der Waals surface area contributed by atoms with E-state index in [1.54, 1.807) is 12.4 Å². The Morgan fingerprint density at radius 1 is 1.04 bits per heavy atom. The number of aromatic nitrogens is 4. The number of H-pyrrole nitrogens is 1. The molecule has 5 heteroatoms. The zero-order valence-corrected chi connectivity index (χ0v) is 12.5. The van der Waals surface area contributed by atoms with E-state index >= 15 is 0 Å². The highest BCUT2D eigenvalue weighted by atomic mass is 16.1. The molecule has 4 rings (SSSR count). The van der Waals surface area contributed by atoms with Gasteiger partial charge in [0.05, 0.1) is 5.69 Å². The molecule has 0 amide bonds. The lowest BCUT2D eigenvalue weighted by molar-refractivity contribution is 0.882. The van der Waals surface area contributed by atoms with Crippen molar-refractivity contribution in [3.05, 3.63) is 77.0 Å². The molecule has 0 aliphatic rings. The van der Waals surface area contributed by atoms with Crippen molar-refractivity contribution in [3.63, 3.8) is 0 Å². The Balaban J connectivity index is 2.04. The molecule has 0 unspecified atom stereocenters. The van der Waals surface area contributed by atoms with Gasteiger partial charge in [0.1, 0.15) is 0 Å². The van der Waals surface area contributed by atoms with Crippen LogP contribution in [0.25, 0.3) is 28.0 Å². The number of aromatic amines is 1. The second-order valence-electron chi connectivity index (χ2n) is 5.36. The number of hydrogen-bond acceptors (Lipinski definition) is 3. The first-order valence-electron chi connectivity index (χ1n) is 7.32. The van der Waals surface area contributed by atoms with Gasteiger partial charge in [-0.2, -0.15) is 0 Å². The summed E-state index contributed by atoms with van der Waals surface area (Å²) in [6.45, 7) is 1.94. The van der Waals surface area contributed by atoms with E-state index in [9.17, 15) is 4.79 Å². The minimum absolute atomic E-state index is 0.140. The Hall–Kier alpha value is -3.21. The zero-order valence-electron chi connectivity index (χ0n) is 12.5. The summed E-state index contributed by atoms with van der Waals surface area (Å²) in [5, 5.41) is 3.10. The number of pyridine rings is 1. The molecule has 3 heterocycles. The van der Waals surface area contributed by atoms with E-state index in [0.29, 0.717) is 11.3 Å². The van der Waals surface area contributed by atoms with Gasteiger partial charge < -0.3 is 0 Å². The van der Waals surface area contributed by atoms with E-state index < -0.39 is 0 Å². The monoisotopic (exact) mass is 302 g/mol. The van der Waals surface area contributed by atoms with Crippen molar-refractivity contribution < 1.29 is 0 Å². The topological polar surface area (TPSA) is 63.0 Å². The lowest BCUT2D eigenvalue weighted by Gasteiger charge is -2.03. The number of nitrogens with zero attached hydrogens (tertiary/aromatic N) is 3. The molecule has 0 fully saturated rings. The van der Waals surface area contributed by atoms with Crippen LogP contribution in [0.1, 0.15) is 5.69 Å². The first-order chi connectivity index (χ1) is 11.2. The average molecular weight is 302 g/mol. The van der Waals surface area contributed by atoms with Crippen LogP contribution in [-0.2, 0) is 0 Å². The van der Waals surface area contributed by atoms with Gasteiger partial charge in [-0.3, -0.25) is 14.9 Å². The van der Waals surface area contributed by atoms with Crippen LogP contribution in [0.2, 0.25) is 0 Å². The quantitative estimate of drug-likeness (QED) is 0.619. The maximum atomic E-state index is 12.4. The highest BCUT2D eigenvalue weighted by Crippen LogP contribution is 2.27. The van der Waals surface area contributed by atoms with Gasteiger partial charge in [0.2, 0.25) is 0 Å². The van der Waals surface area contributed by atoms with E-state index in [1.807, 2.05) is 49.4 Å². The fourth-order valence-electron chi connectivity index (χ4n) is 2.76. The second kappa shape index (κ2) is 5.21. The molecule has 1 N–H and O–H groups in total.